The molecule has 7 heteroatoms. The van der Waals surface area contributed by atoms with Gasteiger partial charge in [0, 0.05) is 61.0 Å². The first-order valence-electron chi connectivity index (χ1n) is 10.8. The summed E-state index contributed by atoms with van der Waals surface area (Å²) in [5.74, 6) is 0.325. The van der Waals surface area contributed by atoms with Gasteiger partial charge in [-0.25, -0.2) is 4.98 Å². The van der Waals surface area contributed by atoms with Gasteiger partial charge >= 0.3 is 6.18 Å². The van der Waals surface area contributed by atoms with E-state index in [0.29, 0.717) is 17.8 Å². The molecule has 0 aliphatic heterocycles. The monoisotopic (exact) mass is 452 g/mol. The summed E-state index contributed by atoms with van der Waals surface area (Å²) < 4.78 is 41.1. The van der Waals surface area contributed by atoms with Crippen molar-refractivity contribution in [2.45, 2.75) is 32.5 Å². The van der Waals surface area contributed by atoms with Crippen molar-refractivity contribution in [3.05, 3.63) is 83.8 Å². The van der Waals surface area contributed by atoms with Gasteiger partial charge in [-0.1, -0.05) is 42.5 Å². The molecule has 0 aliphatic rings. The quantitative estimate of drug-likeness (QED) is 0.349. The first kappa shape index (κ1) is 22.7. The molecule has 0 amide bonds. The maximum absolute atomic E-state index is 13.2. The largest absolute Gasteiger partial charge is 0.434 e. The third kappa shape index (κ3) is 4.82. The van der Waals surface area contributed by atoms with Crippen molar-refractivity contribution in [2.24, 2.45) is 0 Å². The summed E-state index contributed by atoms with van der Waals surface area (Å²) in [5.41, 5.74) is 5.23. The van der Waals surface area contributed by atoms with Gasteiger partial charge < -0.3 is 14.5 Å². The van der Waals surface area contributed by atoms with E-state index in [4.69, 9.17) is 0 Å². The molecule has 2 heterocycles. The van der Waals surface area contributed by atoms with Gasteiger partial charge in [-0.2, -0.15) is 13.2 Å². The van der Waals surface area contributed by atoms with E-state index in [1.54, 1.807) is 4.57 Å². The normalized spacial score (nSPS) is 11.9. The van der Waals surface area contributed by atoms with E-state index in [1.165, 1.54) is 0 Å². The molecule has 0 saturated heterocycles. The number of aromatic nitrogens is 3. The second-order valence-corrected chi connectivity index (χ2v) is 8.63. The van der Waals surface area contributed by atoms with Gasteiger partial charge in [-0.15, -0.1) is 0 Å². The van der Waals surface area contributed by atoms with E-state index < -0.39 is 11.9 Å². The van der Waals surface area contributed by atoms with Crippen LogP contribution < -0.4 is 4.90 Å². The zero-order valence-electron chi connectivity index (χ0n) is 19.1. The highest BCUT2D eigenvalue weighted by Gasteiger charge is 2.35. The van der Waals surface area contributed by atoms with E-state index in [2.05, 4.69) is 39.1 Å². The third-order valence-corrected chi connectivity index (χ3v) is 5.61. The summed E-state index contributed by atoms with van der Waals surface area (Å²) in [7, 11) is 4.04. The fourth-order valence-electron chi connectivity index (χ4n) is 3.92. The maximum Gasteiger partial charge on any atom is 0.434 e. The van der Waals surface area contributed by atoms with Gasteiger partial charge in [-0.05, 0) is 37.6 Å². The number of nitrogens with one attached hydrogen (secondary N) is 1. The molecule has 0 saturated carbocycles. The lowest BCUT2D eigenvalue weighted by Gasteiger charge is -2.16. The number of rotatable bonds is 6. The molecule has 2 aromatic heterocycles. The predicted molar refractivity (Wildman–Crippen MR) is 126 cm³/mol. The van der Waals surface area contributed by atoms with E-state index >= 15 is 0 Å². The van der Waals surface area contributed by atoms with Crippen LogP contribution >= 0.6 is 0 Å². The summed E-state index contributed by atoms with van der Waals surface area (Å²) in [5, 5.41) is 0. The molecule has 0 bridgehead atoms. The molecule has 0 radical (unpaired) electrons. The maximum atomic E-state index is 13.2. The molecular weight excluding hydrogens is 425 g/mol. The summed E-state index contributed by atoms with van der Waals surface area (Å²) in [6.07, 6.45) is -2.69. The van der Waals surface area contributed by atoms with Gasteiger partial charge in [0.1, 0.15) is 5.82 Å². The average Bonchev–Trinajstić information content (AvgIpc) is 3.42. The number of halogens is 3. The predicted octanol–water partition coefficient (Wildman–Crippen LogP) is 6.80. The molecule has 172 valence electrons. The minimum absolute atomic E-state index is 0.134. The molecule has 1 N–H and O–H groups in total. The lowest BCUT2D eigenvalue weighted by Crippen LogP contribution is -2.09. The Labute approximate surface area is 191 Å². The molecule has 4 nitrogen and oxygen atoms in total. The van der Waals surface area contributed by atoms with E-state index in [-0.39, 0.29) is 6.04 Å². The Hall–Kier alpha value is -3.48. The highest BCUT2D eigenvalue weighted by Crippen LogP contribution is 2.33. The molecule has 0 unspecified atom stereocenters. The number of hydrogen-bond donors (Lipinski definition) is 1. The topological polar surface area (TPSA) is 36.9 Å². The fourth-order valence-corrected chi connectivity index (χ4v) is 3.92. The van der Waals surface area contributed by atoms with Crippen LogP contribution in [0, 0.1) is 0 Å². The van der Waals surface area contributed by atoms with Crippen LogP contribution in [0.3, 0.4) is 0 Å². The molecule has 0 spiro atoms. The van der Waals surface area contributed by atoms with Crippen molar-refractivity contribution < 1.29 is 13.2 Å². The van der Waals surface area contributed by atoms with E-state index in [0.717, 1.165) is 34.4 Å². The van der Waals surface area contributed by atoms with Gasteiger partial charge in [0.15, 0.2) is 5.69 Å². The smallest absolute Gasteiger partial charge is 0.377 e. The Bertz CT molecular complexity index is 1230. The number of nitrogens with zero attached hydrogens (tertiary/aromatic N) is 3. The highest BCUT2D eigenvalue weighted by atomic mass is 19.4. The standard InChI is InChI=1S/C26H27F3N4/c1-17(2)33-16-24(26(27,28)29)31-25(33)19-11-9-18(10-12-19)15-20-13-14-22(30-20)21-7-5-6-8-23(21)32(3)4/h5-14,16-17,30H,15H2,1-4H3. The minimum atomic E-state index is -4.47. The van der Waals surface area contributed by atoms with Crippen LogP contribution in [0.4, 0.5) is 18.9 Å². The molecule has 0 aliphatic carbocycles. The molecule has 4 rings (SSSR count). The summed E-state index contributed by atoms with van der Waals surface area (Å²) in [6, 6.07) is 19.8. The zero-order valence-corrected chi connectivity index (χ0v) is 19.1. The van der Waals surface area contributed by atoms with Crippen LogP contribution in [0.25, 0.3) is 22.6 Å². The number of H-pyrrole nitrogens is 1. The number of hydrogen-bond acceptors (Lipinski definition) is 2. The summed E-state index contributed by atoms with van der Waals surface area (Å²) >= 11 is 0. The second kappa shape index (κ2) is 8.81. The van der Waals surface area contributed by atoms with Gasteiger partial charge in [0.05, 0.1) is 0 Å². The molecular formula is C26H27F3N4. The first-order valence-corrected chi connectivity index (χ1v) is 10.8. The van der Waals surface area contributed by atoms with E-state index in [9.17, 15) is 13.2 Å². The Morgan fingerprint density at radius 3 is 2.30 bits per heavy atom. The number of imidazole rings is 1. The third-order valence-electron chi connectivity index (χ3n) is 5.61. The van der Waals surface area contributed by atoms with Crippen LogP contribution in [0.15, 0.2) is 66.9 Å². The first-order chi connectivity index (χ1) is 15.6. The number of anilines is 1. The van der Waals surface area contributed by atoms with Crippen LogP contribution in [-0.4, -0.2) is 28.6 Å². The fraction of sp³-hybridized carbons (Fsp3) is 0.269. The molecule has 4 aromatic rings. The Kier molecular flexibility index (Phi) is 6.06. The van der Waals surface area contributed by atoms with Crippen LogP contribution in [0.2, 0.25) is 0 Å². The summed E-state index contributed by atoms with van der Waals surface area (Å²) in [6.45, 7) is 3.69. The van der Waals surface area contributed by atoms with Crippen molar-refractivity contribution in [3.8, 4) is 22.6 Å². The average molecular weight is 453 g/mol. The number of alkyl halides is 3. The molecule has 33 heavy (non-hydrogen) atoms. The molecule has 2 aromatic carbocycles. The lowest BCUT2D eigenvalue weighted by atomic mass is 10.1. The zero-order chi connectivity index (χ0) is 23.8. The SMILES string of the molecule is CC(C)n1cc(C(F)(F)F)nc1-c1ccc(Cc2ccc(-c3ccccc3N(C)C)[nH]2)cc1. The molecule has 0 fully saturated rings. The lowest BCUT2D eigenvalue weighted by molar-refractivity contribution is -0.140. The van der Waals surface area contributed by atoms with Crippen molar-refractivity contribution in [2.75, 3.05) is 19.0 Å². The second-order valence-electron chi connectivity index (χ2n) is 8.63. The van der Waals surface area contributed by atoms with Crippen molar-refractivity contribution >= 4 is 5.69 Å². The Balaban J connectivity index is 1.56. The number of para-hydroxylation sites is 1. The van der Waals surface area contributed by atoms with Crippen molar-refractivity contribution in [3.63, 3.8) is 0 Å². The van der Waals surface area contributed by atoms with E-state index in [1.807, 2.05) is 64.3 Å². The van der Waals surface area contributed by atoms with Gasteiger partial charge in [0.25, 0.3) is 0 Å². The van der Waals surface area contributed by atoms with Gasteiger partial charge in [-0.3, -0.25) is 0 Å². The van der Waals surface area contributed by atoms with Crippen LogP contribution in [0.1, 0.15) is 36.8 Å². The summed E-state index contributed by atoms with van der Waals surface area (Å²) in [4.78, 5) is 9.45. The Morgan fingerprint density at radius 1 is 0.970 bits per heavy atom. The van der Waals surface area contributed by atoms with Crippen molar-refractivity contribution in [1.29, 1.82) is 0 Å². The van der Waals surface area contributed by atoms with Gasteiger partial charge in [0.2, 0.25) is 0 Å². The Morgan fingerprint density at radius 2 is 1.67 bits per heavy atom. The van der Waals surface area contributed by atoms with Crippen LogP contribution in [0.5, 0.6) is 0 Å². The van der Waals surface area contributed by atoms with Crippen molar-refractivity contribution in [1.82, 2.24) is 14.5 Å². The highest BCUT2D eigenvalue weighted by molar-refractivity contribution is 5.76. The minimum Gasteiger partial charge on any atom is -0.377 e. The number of aromatic amines is 1. The van der Waals surface area contributed by atoms with Crippen LogP contribution in [-0.2, 0) is 12.6 Å². The number of benzene rings is 2. The molecule has 0 atom stereocenters.